The Morgan fingerprint density at radius 1 is 1.28 bits per heavy atom. The first-order valence-electron chi connectivity index (χ1n) is 6.88. The first kappa shape index (κ1) is 16.9. The minimum absolute atomic E-state index is 0.0485. The summed E-state index contributed by atoms with van der Waals surface area (Å²) in [6, 6.07) is 10.8. The Bertz CT molecular complexity index is 985. The number of hydrogen-bond acceptors (Lipinski definition) is 6. The first-order valence-corrected chi connectivity index (χ1v) is 7.64. The van der Waals surface area contributed by atoms with Gasteiger partial charge in [-0.05, 0) is 29.8 Å². The Kier molecular flexibility index (Phi) is 4.69. The van der Waals surface area contributed by atoms with Crippen molar-refractivity contribution in [1.29, 1.82) is 0 Å². The van der Waals surface area contributed by atoms with Gasteiger partial charge < -0.3 is 9.63 Å². The maximum Gasteiger partial charge on any atom is 0.311 e. The van der Waals surface area contributed by atoms with Gasteiger partial charge in [-0.15, -0.1) is 0 Å². The molecule has 1 N–H and O–H groups in total. The van der Waals surface area contributed by atoms with E-state index >= 15 is 0 Å². The molecule has 25 heavy (non-hydrogen) atoms. The van der Waals surface area contributed by atoms with E-state index in [1.807, 2.05) is 0 Å². The number of halogens is 2. The summed E-state index contributed by atoms with van der Waals surface area (Å²) in [7, 11) is 0. The number of aromatic nitrogens is 2. The standard InChI is InChI=1S/C16H9Cl2N3O4/c17-11-3-1-2-10(8-11)15-19-16(25-20-15)12(18)6-9-4-5-14(22)13(7-9)21(23)24/h1-8,22H/b12-6-. The molecule has 0 saturated heterocycles. The van der Waals surface area contributed by atoms with E-state index < -0.39 is 16.4 Å². The zero-order valence-electron chi connectivity index (χ0n) is 12.4. The molecule has 1 heterocycles. The second-order valence-corrected chi connectivity index (χ2v) is 5.77. The van der Waals surface area contributed by atoms with Gasteiger partial charge in [-0.1, -0.05) is 46.6 Å². The minimum atomic E-state index is -0.690. The van der Waals surface area contributed by atoms with Crippen molar-refractivity contribution < 1.29 is 14.6 Å². The van der Waals surface area contributed by atoms with Crippen LogP contribution in [-0.2, 0) is 0 Å². The van der Waals surface area contributed by atoms with Crippen molar-refractivity contribution in [1.82, 2.24) is 10.1 Å². The lowest BCUT2D eigenvalue weighted by Gasteiger charge is -1.98. The van der Waals surface area contributed by atoms with Gasteiger partial charge in [-0.2, -0.15) is 4.98 Å². The number of hydrogen-bond donors (Lipinski definition) is 1. The van der Waals surface area contributed by atoms with Gasteiger partial charge in [0, 0.05) is 16.7 Å². The number of rotatable bonds is 4. The molecular formula is C16H9Cl2N3O4. The average Bonchev–Trinajstić information content (AvgIpc) is 3.06. The highest BCUT2D eigenvalue weighted by Gasteiger charge is 2.15. The molecule has 1 aromatic heterocycles. The third kappa shape index (κ3) is 3.78. The molecule has 0 radical (unpaired) electrons. The molecule has 3 rings (SSSR count). The summed E-state index contributed by atoms with van der Waals surface area (Å²) >= 11 is 12.1. The van der Waals surface area contributed by atoms with Crippen molar-refractivity contribution in [3.63, 3.8) is 0 Å². The van der Waals surface area contributed by atoms with Crippen molar-refractivity contribution in [2.45, 2.75) is 0 Å². The van der Waals surface area contributed by atoms with Gasteiger partial charge in [0.1, 0.15) is 5.03 Å². The van der Waals surface area contributed by atoms with Crippen LogP contribution in [0.25, 0.3) is 22.5 Å². The monoisotopic (exact) mass is 377 g/mol. The molecule has 2 aromatic carbocycles. The zero-order chi connectivity index (χ0) is 18.0. The van der Waals surface area contributed by atoms with E-state index in [1.54, 1.807) is 24.3 Å². The normalized spacial score (nSPS) is 11.5. The Labute approximate surface area is 151 Å². The Balaban J connectivity index is 1.91. The molecule has 0 aliphatic heterocycles. The van der Waals surface area contributed by atoms with E-state index in [9.17, 15) is 15.2 Å². The van der Waals surface area contributed by atoms with Gasteiger partial charge in [-0.3, -0.25) is 10.1 Å². The molecule has 0 amide bonds. The quantitative estimate of drug-likeness (QED) is 0.520. The van der Waals surface area contributed by atoms with Crippen molar-refractivity contribution in [3.05, 3.63) is 69.1 Å². The lowest BCUT2D eigenvalue weighted by molar-refractivity contribution is -0.385. The van der Waals surface area contributed by atoms with Crippen molar-refractivity contribution in [2.24, 2.45) is 0 Å². The summed E-state index contributed by atoms with van der Waals surface area (Å²) in [5.41, 5.74) is 0.632. The van der Waals surface area contributed by atoms with Crippen molar-refractivity contribution in [2.75, 3.05) is 0 Å². The van der Waals surface area contributed by atoms with Gasteiger partial charge in [0.15, 0.2) is 5.75 Å². The number of benzene rings is 2. The van der Waals surface area contributed by atoms with Crippen LogP contribution in [0, 0.1) is 10.1 Å². The highest BCUT2D eigenvalue weighted by Crippen LogP contribution is 2.30. The Morgan fingerprint density at radius 2 is 2.08 bits per heavy atom. The third-order valence-corrected chi connectivity index (χ3v) is 3.71. The van der Waals surface area contributed by atoms with E-state index in [0.29, 0.717) is 22.0 Å². The molecule has 7 nitrogen and oxygen atoms in total. The van der Waals surface area contributed by atoms with Crippen LogP contribution >= 0.6 is 23.2 Å². The molecule has 126 valence electrons. The molecule has 9 heteroatoms. The van der Waals surface area contributed by atoms with E-state index in [4.69, 9.17) is 27.7 Å². The number of phenols is 1. The molecule has 0 aliphatic rings. The molecule has 0 atom stereocenters. The number of phenolic OH excluding ortho intramolecular Hbond substituents is 1. The highest BCUT2D eigenvalue weighted by atomic mass is 35.5. The lowest BCUT2D eigenvalue weighted by Crippen LogP contribution is -1.89. The summed E-state index contributed by atoms with van der Waals surface area (Å²) in [5, 5.41) is 24.8. The van der Waals surface area contributed by atoms with Crippen LogP contribution in [0.2, 0.25) is 5.02 Å². The fourth-order valence-electron chi connectivity index (χ4n) is 2.05. The molecule has 0 fully saturated rings. The van der Waals surface area contributed by atoms with Gasteiger partial charge in [0.25, 0.3) is 5.89 Å². The van der Waals surface area contributed by atoms with Gasteiger partial charge in [0.2, 0.25) is 5.82 Å². The third-order valence-electron chi connectivity index (χ3n) is 3.20. The fraction of sp³-hybridized carbons (Fsp3) is 0. The second-order valence-electron chi connectivity index (χ2n) is 4.93. The van der Waals surface area contributed by atoms with Crippen molar-refractivity contribution in [3.8, 4) is 17.1 Å². The smallest absolute Gasteiger partial charge is 0.311 e. The molecule has 0 saturated carbocycles. The molecule has 0 bridgehead atoms. The largest absolute Gasteiger partial charge is 0.502 e. The van der Waals surface area contributed by atoms with Crippen LogP contribution in [0.1, 0.15) is 11.5 Å². The maximum absolute atomic E-state index is 10.9. The first-order chi connectivity index (χ1) is 11.9. The van der Waals surface area contributed by atoms with E-state index in [2.05, 4.69) is 10.1 Å². The van der Waals surface area contributed by atoms with Gasteiger partial charge in [-0.25, -0.2) is 0 Å². The highest BCUT2D eigenvalue weighted by molar-refractivity contribution is 6.50. The second kappa shape index (κ2) is 6.92. The summed E-state index contributed by atoms with van der Waals surface area (Å²) in [4.78, 5) is 14.3. The molecule has 0 aliphatic carbocycles. The summed E-state index contributed by atoms with van der Waals surface area (Å²) < 4.78 is 5.11. The predicted octanol–water partition coefficient (Wildman–Crippen LogP) is 4.74. The van der Waals surface area contributed by atoms with Gasteiger partial charge in [0.05, 0.1) is 4.92 Å². The van der Waals surface area contributed by atoms with Gasteiger partial charge >= 0.3 is 5.69 Å². The molecule has 3 aromatic rings. The molecule has 0 unspecified atom stereocenters. The predicted molar refractivity (Wildman–Crippen MR) is 93.2 cm³/mol. The van der Waals surface area contributed by atoms with Crippen LogP contribution in [0.15, 0.2) is 47.0 Å². The summed E-state index contributed by atoms with van der Waals surface area (Å²) in [5.74, 6) is -0.0765. The average molecular weight is 378 g/mol. The van der Waals surface area contributed by atoms with Crippen LogP contribution in [-0.4, -0.2) is 20.2 Å². The molecular weight excluding hydrogens is 369 g/mol. The summed E-state index contributed by atoms with van der Waals surface area (Å²) in [6.07, 6.45) is 1.42. The summed E-state index contributed by atoms with van der Waals surface area (Å²) in [6.45, 7) is 0. The van der Waals surface area contributed by atoms with Crippen LogP contribution in [0.3, 0.4) is 0 Å². The fourth-order valence-corrected chi connectivity index (χ4v) is 2.44. The number of nitro groups is 1. The Hall–Kier alpha value is -2.90. The van der Waals surface area contributed by atoms with Crippen LogP contribution in [0.5, 0.6) is 5.75 Å². The number of aromatic hydroxyl groups is 1. The van der Waals surface area contributed by atoms with E-state index in [0.717, 1.165) is 0 Å². The topological polar surface area (TPSA) is 102 Å². The maximum atomic E-state index is 10.9. The minimum Gasteiger partial charge on any atom is -0.502 e. The zero-order valence-corrected chi connectivity index (χ0v) is 13.9. The number of nitrogens with zero attached hydrogens (tertiary/aromatic N) is 3. The van der Waals surface area contributed by atoms with E-state index in [-0.39, 0.29) is 10.9 Å². The van der Waals surface area contributed by atoms with Crippen LogP contribution < -0.4 is 0 Å². The van der Waals surface area contributed by atoms with E-state index in [1.165, 1.54) is 24.3 Å². The lowest BCUT2D eigenvalue weighted by atomic mass is 10.1. The SMILES string of the molecule is O=[N+]([O-])c1cc(/C=C(\Cl)c2nc(-c3cccc(Cl)c3)no2)ccc1O. The van der Waals surface area contributed by atoms with Crippen molar-refractivity contribution >= 4 is 40.0 Å². The Morgan fingerprint density at radius 3 is 2.80 bits per heavy atom. The molecule has 0 spiro atoms. The van der Waals surface area contributed by atoms with Crippen LogP contribution in [0.4, 0.5) is 5.69 Å². The number of nitro benzene ring substituents is 1.